The molecule has 2 aromatic carbocycles. The Balaban J connectivity index is 1.50. The van der Waals surface area contributed by atoms with E-state index in [1.54, 1.807) is 18.5 Å². The minimum atomic E-state index is -4.57. The van der Waals surface area contributed by atoms with E-state index in [4.69, 9.17) is 4.74 Å². The number of thiazole rings is 1. The first-order valence-corrected chi connectivity index (χ1v) is 16.0. The van der Waals surface area contributed by atoms with E-state index < -0.39 is 38.6 Å². The number of aromatic nitrogens is 4. The largest absolute Gasteiger partial charge is 0.416 e. The molecule has 0 saturated heterocycles. The number of alkyl halides is 3. The number of nitro groups is 1. The van der Waals surface area contributed by atoms with Crippen LogP contribution in [0.2, 0.25) is 0 Å². The molecule has 5 rings (SSSR count). The van der Waals surface area contributed by atoms with Gasteiger partial charge in [-0.3, -0.25) is 24.8 Å². The number of ether oxygens (including phenoxy) is 1. The number of fused-ring (bicyclic) bond motifs is 1. The molecule has 5 aromatic rings. The van der Waals surface area contributed by atoms with Gasteiger partial charge >= 0.3 is 6.18 Å². The van der Waals surface area contributed by atoms with E-state index in [0.29, 0.717) is 27.5 Å². The second-order valence-corrected chi connectivity index (χ2v) is 13.0. The number of carbonyl (C=O) groups excluding carboxylic acids is 1. The molecule has 1 atom stereocenters. The Morgan fingerprint density at radius 2 is 1.83 bits per heavy atom. The number of halogens is 3. The summed E-state index contributed by atoms with van der Waals surface area (Å²) in [5.74, 6) is -0.460. The number of non-ortho nitro benzene ring substituents is 1. The van der Waals surface area contributed by atoms with Crippen molar-refractivity contribution in [3.8, 4) is 10.7 Å². The highest BCUT2D eigenvalue weighted by Gasteiger charge is 2.31. The van der Waals surface area contributed by atoms with E-state index in [1.807, 2.05) is 0 Å². The topological polar surface area (TPSA) is 173 Å². The molecule has 0 saturated carbocycles. The maximum Gasteiger partial charge on any atom is 0.416 e. The highest BCUT2D eigenvalue weighted by molar-refractivity contribution is 7.89. The Bertz CT molecular complexity index is 1980. The molecule has 0 aliphatic heterocycles. The zero-order chi connectivity index (χ0) is 33.9. The minimum Gasteiger partial charge on any atom is -0.378 e. The fourth-order valence-corrected chi connectivity index (χ4v) is 6.88. The molecule has 0 unspecified atom stereocenters. The lowest BCUT2D eigenvalue weighted by atomic mass is 10.0. The summed E-state index contributed by atoms with van der Waals surface area (Å²) in [5, 5.41) is 11.6. The van der Waals surface area contributed by atoms with Crippen molar-refractivity contribution in [1.82, 2.24) is 24.7 Å². The normalized spacial score (nSPS) is 12.7. The van der Waals surface area contributed by atoms with Crippen LogP contribution in [0.1, 0.15) is 23.7 Å². The summed E-state index contributed by atoms with van der Waals surface area (Å²) < 4.78 is 75.0. The fraction of sp³-hybridized carbons (Fsp3) is 0.241. The molecule has 0 aliphatic carbocycles. The van der Waals surface area contributed by atoms with Crippen LogP contribution in [-0.4, -0.2) is 58.9 Å². The Kier molecular flexibility index (Phi) is 9.66. The van der Waals surface area contributed by atoms with Gasteiger partial charge in [0.1, 0.15) is 10.7 Å². The summed E-state index contributed by atoms with van der Waals surface area (Å²) >= 11 is 1.32. The number of nitrogens with one attached hydrogen (secondary N) is 2. The monoisotopic (exact) mass is 689 g/mol. The van der Waals surface area contributed by atoms with Gasteiger partial charge in [0, 0.05) is 51.1 Å². The third kappa shape index (κ3) is 7.79. The third-order valence-electron chi connectivity index (χ3n) is 6.93. The number of amides is 1. The molecular formula is C29H26F3N7O6S2. The predicted octanol–water partition coefficient (Wildman–Crippen LogP) is 5.10. The van der Waals surface area contributed by atoms with Crippen molar-refractivity contribution in [3.63, 3.8) is 0 Å². The van der Waals surface area contributed by atoms with Gasteiger partial charge in [-0.2, -0.15) is 13.2 Å². The molecule has 0 radical (unpaired) electrons. The molecule has 3 aromatic heterocycles. The second-order valence-electron chi connectivity index (χ2n) is 10.3. The molecule has 246 valence electrons. The predicted molar refractivity (Wildman–Crippen MR) is 166 cm³/mol. The number of carbonyl (C=O) groups is 1. The Labute approximate surface area is 269 Å². The van der Waals surface area contributed by atoms with Crippen molar-refractivity contribution in [2.45, 2.75) is 37.1 Å². The lowest BCUT2D eigenvalue weighted by Gasteiger charge is -2.26. The summed E-state index contributed by atoms with van der Waals surface area (Å²) in [5.41, 5.74) is 0.730. The molecular weight excluding hydrogens is 663 g/mol. The van der Waals surface area contributed by atoms with E-state index in [0.717, 1.165) is 41.1 Å². The maximum atomic E-state index is 13.4. The van der Waals surface area contributed by atoms with E-state index in [9.17, 15) is 36.5 Å². The molecule has 0 aliphatic rings. The molecule has 13 nitrogen and oxygen atoms in total. The summed E-state index contributed by atoms with van der Waals surface area (Å²) in [6, 6.07) is 9.01. The highest BCUT2D eigenvalue weighted by Crippen LogP contribution is 2.33. The van der Waals surface area contributed by atoms with Gasteiger partial charge in [0.2, 0.25) is 21.9 Å². The van der Waals surface area contributed by atoms with Crippen LogP contribution in [0.25, 0.3) is 20.9 Å². The number of H-pyrrole nitrogens is 1. The summed E-state index contributed by atoms with van der Waals surface area (Å²) in [7, 11) is -2.86. The summed E-state index contributed by atoms with van der Waals surface area (Å²) in [4.78, 5) is 40.7. The van der Waals surface area contributed by atoms with E-state index in [-0.39, 0.29) is 36.1 Å². The SMILES string of the molecule is COCc1[nH]c(N(C[C@H](Cc2ccc(C(F)(F)F)cc2)NS(=O)(=O)c2ccc([N+](=O)[O-])cc2)C(C)=O)nc1-c1nc2ccncc2s1. The van der Waals surface area contributed by atoms with Crippen molar-refractivity contribution < 1.29 is 36.0 Å². The number of pyridine rings is 1. The summed E-state index contributed by atoms with van der Waals surface area (Å²) in [6.45, 7) is 1.03. The number of hydrogen-bond donors (Lipinski definition) is 2. The van der Waals surface area contributed by atoms with Crippen molar-refractivity contribution in [2.24, 2.45) is 0 Å². The number of aromatic amines is 1. The van der Waals surface area contributed by atoms with Crippen LogP contribution in [0.5, 0.6) is 0 Å². The highest BCUT2D eigenvalue weighted by atomic mass is 32.2. The average Bonchev–Trinajstić information content (AvgIpc) is 3.64. The van der Waals surface area contributed by atoms with E-state index in [1.165, 1.54) is 42.4 Å². The number of hydrogen-bond acceptors (Lipinski definition) is 10. The fourth-order valence-electron chi connectivity index (χ4n) is 4.71. The van der Waals surface area contributed by atoms with Crippen molar-refractivity contribution in [1.29, 1.82) is 0 Å². The molecule has 18 heteroatoms. The van der Waals surface area contributed by atoms with Crippen LogP contribution in [0.4, 0.5) is 24.8 Å². The van der Waals surface area contributed by atoms with Crippen LogP contribution >= 0.6 is 11.3 Å². The van der Waals surface area contributed by atoms with Gasteiger partial charge in [-0.05, 0) is 42.3 Å². The first kappa shape index (κ1) is 33.6. The van der Waals surface area contributed by atoms with E-state index in [2.05, 4.69) is 24.7 Å². The number of benzene rings is 2. The molecule has 0 spiro atoms. The first-order valence-electron chi connectivity index (χ1n) is 13.7. The van der Waals surface area contributed by atoms with Gasteiger partial charge in [0.05, 0.1) is 37.9 Å². The molecule has 47 heavy (non-hydrogen) atoms. The van der Waals surface area contributed by atoms with Gasteiger partial charge in [-0.1, -0.05) is 12.1 Å². The summed E-state index contributed by atoms with van der Waals surface area (Å²) in [6.07, 6.45) is -1.44. The lowest BCUT2D eigenvalue weighted by Crippen LogP contribution is -2.47. The Hall–Kier alpha value is -4.78. The van der Waals surface area contributed by atoms with Crippen LogP contribution in [0.3, 0.4) is 0 Å². The molecule has 3 heterocycles. The quantitative estimate of drug-likeness (QED) is 0.134. The average molecular weight is 690 g/mol. The Morgan fingerprint density at radius 1 is 1.13 bits per heavy atom. The zero-order valence-electron chi connectivity index (χ0n) is 24.7. The van der Waals surface area contributed by atoms with Gasteiger partial charge in [0.25, 0.3) is 5.69 Å². The number of methoxy groups -OCH3 is 1. The van der Waals surface area contributed by atoms with E-state index >= 15 is 0 Å². The number of nitrogens with zero attached hydrogens (tertiary/aromatic N) is 5. The van der Waals surface area contributed by atoms with Crippen molar-refractivity contribution >= 4 is 49.1 Å². The zero-order valence-corrected chi connectivity index (χ0v) is 26.3. The molecule has 0 fully saturated rings. The van der Waals surface area contributed by atoms with Crippen LogP contribution in [-0.2, 0) is 38.8 Å². The maximum absolute atomic E-state index is 13.4. The smallest absolute Gasteiger partial charge is 0.378 e. The van der Waals surface area contributed by atoms with Gasteiger partial charge in [0.15, 0.2) is 0 Å². The third-order valence-corrected chi connectivity index (χ3v) is 9.48. The number of imidazole rings is 1. The van der Waals surface area contributed by atoms with Gasteiger partial charge in [-0.25, -0.2) is 23.1 Å². The first-order chi connectivity index (χ1) is 22.2. The standard InChI is InChI=1S/C29H26F3N7O6S2/c1-17(40)38(28-35-24(16-45-2)26(36-28)27-34-23-11-12-33-14-25(23)46-27)15-20(13-18-3-5-19(6-4-18)29(30,31)32)37-47(43,44)22-9-7-21(8-10-22)39(41)42/h3-12,14,20,37H,13,15-16H2,1-2H3,(H,35,36)/t20-/m0/s1. The number of rotatable bonds is 12. The molecule has 1 amide bonds. The number of sulfonamides is 1. The molecule has 2 N–H and O–H groups in total. The van der Waals surface area contributed by atoms with Gasteiger partial charge < -0.3 is 9.72 Å². The van der Waals surface area contributed by atoms with Crippen LogP contribution < -0.4 is 9.62 Å². The number of nitro benzene ring substituents is 1. The van der Waals surface area contributed by atoms with Crippen LogP contribution in [0, 0.1) is 10.1 Å². The van der Waals surface area contributed by atoms with Gasteiger partial charge in [-0.15, -0.1) is 11.3 Å². The Morgan fingerprint density at radius 3 is 2.43 bits per heavy atom. The second kappa shape index (κ2) is 13.5. The van der Waals surface area contributed by atoms with Crippen molar-refractivity contribution in [3.05, 3.63) is 93.9 Å². The molecule has 0 bridgehead atoms. The minimum absolute atomic E-state index is 0.0592. The number of anilines is 1. The lowest BCUT2D eigenvalue weighted by molar-refractivity contribution is -0.384. The van der Waals surface area contributed by atoms with Crippen LogP contribution in [0.15, 0.2) is 71.9 Å². The van der Waals surface area contributed by atoms with Crippen molar-refractivity contribution in [2.75, 3.05) is 18.6 Å².